The maximum Gasteiger partial charge on any atom is 0.182 e. The molecule has 0 aromatic heterocycles. The Morgan fingerprint density at radius 3 is 2.88 bits per heavy atom. The van der Waals surface area contributed by atoms with Gasteiger partial charge < -0.3 is 10.6 Å². The molecule has 0 fully saturated rings. The van der Waals surface area contributed by atoms with Crippen LogP contribution in [0, 0.1) is 5.82 Å². The minimum Gasteiger partial charge on any atom is -0.365 e. The van der Waals surface area contributed by atoms with Crippen LogP contribution in [-0.4, -0.2) is 33.3 Å². The minimum atomic E-state index is -3.39. The first-order valence-corrected chi connectivity index (χ1v) is 7.10. The molecular formula is C11H15FN2O2S. The van der Waals surface area contributed by atoms with Crippen molar-refractivity contribution in [2.24, 2.45) is 5.73 Å². The van der Waals surface area contributed by atoms with E-state index in [1.54, 1.807) is 0 Å². The van der Waals surface area contributed by atoms with Crippen LogP contribution >= 0.6 is 0 Å². The van der Waals surface area contributed by atoms with E-state index in [-0.39, 0.29) is 16.7 Å². The summed E-state index contributed by atoms with van der Waals surface area (Å²) < 4.78 is 37.1. The molecule has 1 heterocycles. The van der Waals surface area contributed by atoms with E-state index in [1.807, 2.05) is 11.8 Å². The van der Waals surface area contributed by atoms with Gasteiger partial charge in [0.05, 0.1) is 16.3 Å². The normalized spacial score (nSPS) is 22.3. The van der Waals surface area contributed by atoms with Crippen LogP contribution < -0.4 is 10.6 Å². The van der Waals surface area contributed by atoms with E-state index in [4.69, 9.17) is 5.73 Å². The first kappa shape index (κ1) is 12.3. The highest BCUT2D eigenvalue weighted by Gasteiger charge is 2.33. The number of hydrogen-bond donors (Lipinski definition) is 1. The summed E-state index contributed by atoms with van der Waals surface area (Å²) in [4.78, 5) is 1.99. The molecular weight excluding hydrogens is 243 g/mol. The first-order valence-electron chi connectivity index (χ1n) is 5.45. The molecule has 0 amide bonds. The van der Waals surface area contributed by atoms with E-state index in [1.165, 1.54) is 12.1 Å². The van der Waals surface area contributed by atoms with Crippen molar-refractivity contribution in [2.45, 2.75) is 17.9 Å². The summed E-state index contributed by atoms with van der Waals surface area (Å²) in [6.45, 7) is 2.83. The van der Waals surface area contributed by atoms with Crippen LogP contribution in [0.15, 0.2) is 23.1 Å². The first-order chi connectivity index (χ1) is 7.95. The molecule has 1 aromatic rings. The van der Waals surface area contributed by atoms with Gasteiger partial charge in [-0.25, -0.2) is 12.8 Å². The molecule has 2 N–H and O–H groups in total. The fourth-order valence-corrected chi connectivity index (χ4v) is 3.98. The Labute approximate surface area is 100 Å². The number of hydrogen-bond acceptors (Lipinski definition) is 4. The lowest BCUT2D eigenvalue weighted by atomic mass is 10.2. The molecule has 1 aliphatic heterocycles. The second-order valence-corrected chi connectivity index (χ2v) is 6.23. The largest absolute Gasteiger partial charge is 0.365 e. The predicted octanol–water partition coefficient (Wildman–Crippen LogP) is 0.767. The fraction of sp³-hybridized carbons (Fsp3) is 0.455. The third kappa shape index (κ3) is 2.14. The number of sulfone groups is 1. The molecule has 1 unspecified atom stereocenters. The van der Waals surface area contributed by atoms with Crippen LogP contribution in [0.3, 0.4) is 0 Å². The topological polar surface area (TPSA) is 63.4 Å². The molecule has 2 rings (SSSR count). The zero-order chi connectivity index (χ0) is 12.6. The van der Waals surface area contributed by atoms with Gasteiger partial charge in [-0.15, -0.1) is 0 Å². The van der Waals surface area contributed by atoms with Crippen molar-refractivity contribution >= 4 is 15.5 Å². The van der Waals surface area contributed by atoms with Gasteiger partial charge in [0.25, 0.3) is 0 Å². The van der Waals surface area contributed by atoms with E-state index in [0.717, 1.165) is 6.07 Å². The molecule has 0 radical (unpaired) electrons. The van der Waals surface area contributed by atoms with Crippen LogP contribution in [0.5, 0.6) is 0 Å². The number of anilines is 1. The van der Waals surface area contributed by atoms with E-state index >= 15 is 0 Å². The molecule has 0 aliphatic carbocycles. The minimum absolute atomic E-state index is 0.00343. The van der Waals surface area contributed by atoms with Crippen molar-refractivity contribution in [3.8, 4) is 0 Å². The van der Waals surface area contributed by atoms with Gasteiger partial charge in [0.15, 0.2) is 9.84 Å². The number of nitrogens with zero attached hydrogens (tertiary/aromatic N) is 1. The predicted molar refractivity (Wildman–Crippen MR) is 64.3 cm³/mol. The molecule has 4 nitrogen and oxygen atoms in total. The Bertz CT molecular complexity index is 530. The highest BCUT2D eigenvalue weighted by molar-refractivity contribution is 7.91. The van der Waals surface area contributed by atoms with E-state index in [2.05, 4.69) is 0 Å². The standard InChI is InChI=1S/C11H15FN2O2S/c1-8-7-17(15,16)11-6-9(12)2-3-10(11)14(8)5-4-13/h2-3,6,8H,4-5,7,13H2,1H3. The molecule has 1 aromatic carbocycles. The third-order valence-corrected chi connectivity index (χ3v) is 4.85. The molecule has 0 saturated heterocycles. The van der Waals surface area contributed by atoms with Gasteiger partial charge in [0.1, 0.15) is 5.82 Å². The van der Waals surface area contributed by atoms with Crippen LogP contribution in [0.4, 0.5) is 10.1 Å². The van der Waals surface area contributed by atoms with Crippen molar-refractivity contribution < 1.29 is 12.8 Å². The number of fused-ring (bicyclic) bond motifs is 1. The Balaban J connectivity index is 2.59. The summed E-state index contributed by atoms with van der Waals surface area (Å²) in [5.41, 5.74) is 6.06. The Hall–Kier alpha value is -1.14. The summed E-state index contributed by atoms with van der Waals surface area (Å²) in [7, 11) is -3.39. The quantitative estimate of drug-likeness (QED) is 0.851. The molecule has 6 heteroatoms. The monoisotopic (exact) mass is 258 g/mol. The van der Waals surface area contributed by atoms with Gasteiger partial charge in [0.2, 0.25) is 0 Å². The van der Waals surface area contributed by atoms with E-state index < -0.39 is 15.7 Å². The van der Waals surface area contributed by atoms with Gasteiger partial charge in [-0.2, -0.15) is 0 Å². The maximum absolute atomic E-state index is 13.1. The lowest BCUT2D eigenvalue weighted by molar-refractivity contribution is 0.566. The number of nitrogens with two attached hydrogens (primary N) is 1. The van der Waals surface area contributed by atoms with Crippen LogP contribution in [0.2, 0.25) is 0 Å². The van der Waals surface area contributed by atoms with Crippen molar-refractivity contribution in [2.75, 3.05) is 23.7 Å². The van der Waals surface area contributed by atoms with Gasteiger partial charge in [-0.3, -0.25) is 0 Å². The summed E-state index contributed by atoms with van der Waals surface area (Å²) in [6, 6.07) is 3.73. The van der Waals surface area contributed by atoms with Gasteiger partial charge in [-0.1, -0.05) is 0 Å². The Kier molecular flexibility index (Phi) is 3.09. The summed E-state index contributed by atoms with van der Waals surface area (Å²) in [5.74, 6) is -0.529. The summed E-state index contributed by atoms with van der Waals surface area (Å²) >= 11 is 0. The zero-order valence-corrected chi connectivity index (χ0v) is 10.4. The molecule has 0 bridgehead atoms. The maximum atomic E-state index is 13.1. The summed E-state index contributed by atoms with van der Waals surface area (Å²) in [6.07, 6.45) is 0. The van der Waals surface area contributed by atoms with Gasteiger partial charge in [-0.05, 0) is 25.1 Å². The molecule has 0 saturated carbocycles. The molecule has 1 atom stereocenters. The van der Waals surface area contributed by atoms with Crippen molar-refractivity contribution in [1.82, 2.24) is 0 Å². The highest BCUT2D eigenvalue weighted by atomic mass is 32.2. The Morgan fingerprint density at radius 1 is 1.53 bits per heavy atom. The molecule has 17 heavy (non-hydrogen) atoms. The molecule has 0 spiro atoms. The number of benzene rings is 1. The van der Waals surface area contributed by atoms with Crippen LogP contribution in [0.25, 0.3) is 0 Å². The van der Waals surface area contributed by atoms with Crippen molar-refractivity contribution in [1.29, 1.82) is 0 Å². The van der Waals surface area contributed by atoms with E-state index in [0.29, 0.717) is 18.8 Å². The van der Waals surface area contributed by atoms with Gasteiger partial charge >= 0.3 is 0 Å². The number of halogens is 1. The summed E-state index contributed by atoms with van der Waals surface area (Å²) in [5, 5.41) is 0. The Morgan fingerprint density at radius 2 is 2.24 bits per heavy atom. The highest BCUT2D eigenvalue weighted by Crippen LogP contribution is 2.33. The van der Waals surface area contributed by atoms with Crippen LogP contribution in [0.1, 0.15) is 6.92 Å². The van der Waals surface area contributed by atoms with E-state index in [9.17, 15) is 12.8 Å². The molecule has 94 valence electrons. The van der Waals surface area contributed by atoms with Gasteiger partial charge in [0, 0.05) is 19.1 Å². The smallest absolute Gasteiger partial charge is 0.182 e. The lowest BCUT2D eigenvalue weighted by Gasteiger charge is -2.36. The number of rotatable bonds is 2. The lowest BCUT2D eigenvalue weighted by Crippen LogP contribution is -2.45. The second-order valence-electron chi connectivity index (χ2n) is 4.22. The average Bonchev–Trinajstić information content (AvgIpc) is 2.24. The SMILES string of the molecule is CC1CS(=O)(=O)c2cc(F)ccc2N1CCN. The zero-order valence-electron chi connectivity index (χ0n) is 9.56. The third-order valence-electron chi connectivity index (χ3n) is 2.93. The van der Waals surface area contributed by atoms with Crippen LogP contribution in [-0.2, 0) is 9.84 Å². The average molecular weight is 258 g/mol. The molecule has 1 aliphatic rings. The second kappa shape index (κ2) is 4.27. The van der Waals surface area contributed by atoms with Crippen molar-refractivity contribution in [3.05, 3.63) is 24.0 Å². The van der Waals surface area contributed by atoms with Crippen molar-refractivity contribution in [3.63, 3.8) is 0 Å². The fourth-order valence-electron chi connectivity index (χ4n) is 2.19.